The zero-order valence-electron chi connectivity index (χ0n) is 14.0. The van der Waals surface area contributed by atoms with Crippen LogP contribution < -0.4 is 5.32 Å². The van der Waals surface area contributed by atoms with Gasteiger partial charge in [0.2, 0.25) is 5.91 Å². The van der Waals surface area contributed by atoms with E-state index in [9.17, 15) is 22.8 Å². The summed E-state index contributed by atoms with van der Waals surface area (Å²) in [5, 5.41) is 11.6. The Morgan fingerprint density at radius 2 is 1.85 bits per heavy atom. The topological polar surface area (TPSA) is 69.6 Å². The van der Waals surface area contributed by atoms with Gasteiger partial charge in [0, 0.05) is 19.6 Å². The Hall–Kier alpha value is -1.80. The molecular weight excluding hydrogens is 373 g/mol. The molecule has 146 valence electrons. The normalized spacial score (nSPS) is 20.4. The van der Waals surface area contributed by atoms with E-state index in [1.165, 1.54) is 4.90 Å². The van der Waals surface area contributed by atoms with Crippen LogP contribution in [0.3, 0.4) is 0 Å². The number of hydrogen-bond acceptors (Lipinski definition) is 3. The predicted octanol–water partition coefficient (Wildman–Crippen LogP) is 2.35. The summed E-state index contributed by atoms with van der Waals surface area (Å²) in [4.78, 5) is 24.1. The molecule has 1 fully saturated rings. The molecule has 0 saturated carbocycles. The first kappa shape index (κ1) is 22.2. The fraction of sp³-hybridized carbons (Fsp3) is 0.529. The second-order valence-corrected chi connectivity index (χ2v) is 6.23. The molecular formula is C17H22ClF3N2O3. The van der Waals surface area contributed by atoms with Gasteiger partial charge >= 0.3 is 12.1 Å². The van der Waals surface area contributed by atoms with Crippen LogP contribution in [0.25, 0.3) is 0 Å². The molecule has 9 heteroatoms. The Bertz CT molecular complexity index is 599. The first-order valence-electron chi connectivity index (χ1n) is 8.10. The fourth-order valence-electron chi connectivity index (χ4n) is 3.02. The van der Waals surface area contributed by atoms with Crippen LogP contribution in [0.15, 0.2) is 30.3 Å². The number of carbonyl (C=O) groups is 2. The molecule has 1 aliphatic rings. The average Bonchev–Trinajstić information content (AvgIpc) is 2.97. The summed E-state index contributed by atoms with van der Waals surface area (Å²) in [6.45, 7) is -0.525. The number of alkyl halides is 3. The van der Waals surface area contributed by atoms with Crippen molar-refractivity contribution in [1.29, 1.82) is 0 Å². The number of carboxylic acid groups (broad SMARTS) is 1. The molecule has 0 aliphatic carbocycles. The van der Waals surface area contributed by atoms with E-state index in [-0.39, 0.29) is 31.4 Å². The number of amides is 1. The molecule has 1 saturated heterocycles. The van der Waals surface area contributed by atoms with E-state index in [0.29, 0.717) is 6.54 Å². The lowest BCUT2D eigenvalue weighted by atomic mass is 9.96. The standard InChI is InChI=1S/C17H21F3N2O3.ClH/c18-17(19,20)14-10-22(9-13(14)16(24)25)11-15(23)21-8-4-7-12-5-2-1-3-6-12;/h1-3,5-6,13-14H,4,7-11H2,(H,21,23)(H,24,25);1H/t13-,14-;/m1./s1. The molecule has 0 spiro atoms. The number of nitrogens with one attached hydrogen (secondary N) is 1. The van der Waals surface area contributed by atoms with E-state index in [4.69, 9.17) is 5.11 Å². The maximum absolute atomic E-state index is 12.9. The van der Waals surface area contributed by atoms with Crippen molar-refractivity contribution < 1.29 is 27.9 Å². The monoisotopic (exact) mass is 394 g/mol. The Morgan fingerprint density at radius 1 is 1.19 bits per heavy atom. The van der Waals surface area contributed by atoms with Crippen molar-refractivity contribution in [3.63, 3.8) is 0 Å². The third-order valence-electron chi connectivity index (χ3n) is 4.31. The van der Waals surface area contributed by atoms with E-state index < -0.39 is 30.5 Å². The summed E-state index contributed by atoms with van der Waals surface area (Å²) in [5.41, 5.74) is 1.15. The molecule has 1 aliphatic heterocycles. The van der Waals surface area contributed by atoms with Gasteiger partial charge in [-0.2, -0.15) is 13.2 Å². The van der Waals surface area contributed by atoms with E-state index in [1.54, 1.807) is 0 Å². The number of likely N-dealkylation sites (tertiary alicyclic amines) is 1. The molecule has 1 heterocycles. The predicted molar refractivity (Wildman–Crippen MR) is 92.1 cm³/mol. The minimum absolute atomic E-state index is 0. The van der Waals surface area contributed by atoms with Crippen molar-refractivity contribution in [1.82, 2.24) is 10.2 Å². The number of carbonyl (C=O) groups excluding carboxylic acids is 1. The van der Waals surface area contributed by atoms with Crippen molar-refractivity contribution in [2.75, 3.05) is 26.2 Å². The zero-order chi connectivity index (χ0) is 18.4. The quantitative estimate of drug-likeness (QED) is 0.696. The summed E-state index contributed by atoms with van der Waals surface area (Å²) >= 11 is 0. The number of benzene rings is 1. The highest BCUT2D eigenvalue weighted by Gasteiger charge is 2.52. The van der Waals surface area contributed by atoms with Gasteiger partial charge in [0.15, 0.2) is 0 Å². The maximum Gasteiger partial charge on any atom is 0.393 e. The second-order valence-electron chi connectivity index (χ2n) is 6.23. The van der Waals surface area contributed by atoms with Crippen molar-refractivity contribution in [3.8, 4) is 0 Å². The Balaban J connectivity index is 0.00000338. The van der Waals surface area contributed by atoms with Crippen molar-refractivity contribution >= 4 is 24.3 Å². The molecule has 2 rings (SSSR count). The number of carboxylic acids is 1. The van der Waals surface area contributed by atoms with Crippen LogP contribution in [-0.2, 0) is 16.0 Å². The van der Waals surface area contributed by atoms with Crippen LogP contribution in [0.1, 0.15) is 12.0 Å². The summed E-state index contributed by atoms with van der Waals surface area (Å²) in [6.07, 6.45) is -3.06. The lowest BCUT2D eigenvalue weighted by molar-refractivity contribution is -0.188. The SMILES string of the molecule is Cl.O=C(CN1C[C@@H](C(F)(F)F)[C@H](C(=O)O)C1)NCCCc1ccccc1. The highest BCUT2D eigenvalue weighted by atomic mass is 35.5. The summed E-state index contributed by atoms with van der Waals surface area (Å²) < 4.78 is 38.7. The Morgan fingerprint density at radius 3 is 2.38 bits per heavy atom. The van der Waals surface area contributed by atoms with Crippen LogP contribution in [0.4, 0.5) is 13.2 Å². The van der Waals surface area contributed by atoms with Gasteiger partial charge in [-0.3, -0.25) is 14.5 Å². The molecule has 5 nitrogen and oxygen atoms in total. The van der Waals surface area contributed by atoms with Gasteiger partial charge in [-0.05, 0) is 18.4 Å². The van der Waals surface area contributed by atoms with Crippen molar-refractivity contribution in [2.45, 2.75) is 19.0 Å². The van der Waals surface area contributed by atoms with E-state index in [0.717, 1.165) is 18.4 Å². The molecule has 26 heavy (non-hydrogen) atoms. The van der Waals surface area contributed by atoms with Crippen LogP contribution in [0, 0.1) is 11.8 Å². The molecule has 0 aromatic heterocycles. The smallest absolute Gasteiger partial charge is 0.393 e. The molecule has 1 aromatic rings. The van der Waals surface area contributed by atoms with E-state index in [2.05, 4.69) is 5.32 Å². The zero-order valence-corrected chi connectivity index (χ0v) is 14.9. The maximum atomic E-state index is 12.9. The minimum atomic E-state index is -4.58. The molecule has 1 aromatic carbocycles. The number of halogens is 4. The minimum Gasteiger partial charge on any atom is -0.481 e. The highest BCUT2D eigenvalue weighted by molar-refractivity contribution is 5.85. The van der Waals surface area contributed by atoms with Crippen LogP contribution >= 0.6 is 12.4 Å². The molecule has 0 unspecified atom stereocenters. The van der Waals surface area contributed by atoms with E-state index in [1.807, 2.05) is 30.3 Å². The molecule has 2 N–H and O–H groups in total. The average molecular weight is 395 g/mol. The van der Waals surface area contributed by atoms with Gasteiger partial charge in [-0.15, -0.1) is 12.4 Å². The third kappa shape index (κ3) is 6.49. The van der Waals surface area contributed by atoms with E-state index >= 15 is 0 Å². The molecule has 0 bridgehead atoms. The van der Waals surface area contributed by atoms with Gasteiger partial charge in [-0.1, -0.05) is 30.3 Å². The second kappa shape index (κ2) is 9.78. The van der Waals surface area contributed by atoms with Gasteiger partial charge in [0.25, 0.3) is 0 Å². The lowest BCUT2D eigenvalue weighted by Gasteiger charge is -2.18. The number of aryl methyl sites for hydroxylation is 1. The number of aliphatic carboxylic acids is 1. The first-order valence-corrected chi connectivity index (χ1v) is 8.10. The van der Waals surface area contributed by atoms with Crippen LogP contribution in [0.5, 0.6) is 0 Å². The molecule has 2 atom stereocenters. The third-order valence-corrected chi connectivity index (χ3v) is 4.31. The summed E-state index contributed by atoms with van der Waals surface area (Å²) in [6, 6.07) is 9.74. The van der Waals surface area contributed by atoms with Gasteiger partial charge in [0.1, 0.15) is 0 Å². The Kier molecular flexibility index (Phi) is 8.36. The summed E-state index contributed by atoms with van der Waals surface area (Å²) in [7, 11) is 0. The highest BCUT2D eigenvalue weighted by Crippen LogP contribution is 2.37. The van der Waals surface area contributed by atoms with Gasteiger partial charge < -0.3 is 10.4 Å². The number of rotatable bonds is 7. The molecule has 0 radical (unpaired) electrons. The number of hydrogen-bond donors (Lipinski definition) is 2. The summed E-state index contributed by atoms with van der Waals surface area (Å²) in [5.74, 6) is -5.32. The fourth-order valence-corrected chi connectivity index (χ4v) is 3.02. The number of nitrogens with zero attached hydrogens (tertiary/aromatic N) is 1. The first-order chi connectivity index (χ1) is 11.8. The van der Waals surface area contributed by atoms with Crippen molar-refractivity contribution in [3.05, 3.63) is 35.9 Å². The van der Waals surface area contributed by atoms with Crippen LogP contribution in [-0.4, -0.2) is 54.2 Å². The van der Waals surface area contributed by atoms with Crippen LogP contribution in [0.2, 0.25) is 0 Å². The van der Waals surface area contributed by atoms with Gasteiger partial charge in [-0.25, -0.2) is 0 Å². The lowest BCUT2D eigenvalue weighted by Crippen LogP contribution is -2.37. The van der Waals surface area contributed by atoms with Gasteiger partial charge in [0.05, 0.1) is 18.4 Å². The van der Waals surface area contributed by atoms with Crippen molar-refractivity contribution in [2.24, 2.45) is 11.8 Å². The Labute approximate surface area is 156 Å². The largest absolute Gasteiger partial charge is 0.481 e. The molecule has 1 amide bonds.